The topological polar surface area (TPSA) is 65.7 Å². The van der Waals surface area contributed by atoms with Crippen LogP contribution in [0.5, 0.6) is 0 Å². The minimum atomic E-state index is 0.335. The lowest BCUT2D eigenvalue weighted by Gasteiger charge is -2.15. The van der Waals surface area contributed by atoms with Gasteiger partial charge in [-0.25, -0.2) is 4.99 Å². The highest BCUT2D eigenvalue weighted by atomic mass is 16.5. The van der Waals surface area contributed by atoms with Crippen LogP contribution in [0.1, 0.15) is 26.7 Å². The maximum atomic E-state index is 10.0. The second-order valence-corrected chi connectivity index (χ2v) is 4.31. The molecule has 0 amide bonds. The van der Waals surface area contributed by atoms with Gasteiger partial charge >= 0.3 is 0 Å². The Morgan fingerprint density at radius 1 is 1.39 bits per heavy atom. The van der Waals surface area contributed by atoms with E-state index in [0.717, 1.165) is 29.9 Å². The molecule has 0 aromatic carbocycles. The molecule has 2 N–H and O–H groups in total. The van der Waals surface area contributed by atoms with E-state index in [0.29, 0.717) is 18.0 Å². The van der Waals surface area contributed by atoms with Gasteiger partial charge in [-0.05, 0) is 12.8 Å². The van der Waals surface area contributed by atoms with E-state index in [1.165, 1.54) is 0 Å². The van der Waals surface area contributed by atoms with E-state index in [1.54, 1.807) is 6.07 Å². The lowest BCUT2D eigenvalue weighted by molar-refractivity contribution is 0.172. The first-order valence-electron chi connectivity index (χ1n) is 6.35. The predicted molar refractivity (Wildman–Crippen MR) is 73.2 cm³/mol. The normalized spacial score (nSPS) is 11.7. The average Bonchev–Trinajstić information content (AvgIpc) is 2.35. The van der Waals surface area contributed by atoms with E-state index in [1.807, 2.05) is 25.9 Å². The van der Waals surface area contributed by atoms with Gasteiger partial charge in [0.25, 0.3) is 5.62 Å². The molecule has 6 nitrogen and oxygen atoms in total. The van der Waals surface area contributed by atoms with Crippen molar-refractivity contribution >= 4 is 11.6 Å². The predicted octanol–water partition coefficient (Wildman–Crippen LogP) is 1.32. The van der Waals surface area contributed by atoms with Crippen LogP contribution in [0, 0.1) is 0 Å². The number of rotatable bonds is 6. The molecule has 0 fully saturated rings. The van der Waals surface area contributed by atoms with Crippen molar-refractivity contribution in [2.45, 2.75) is 26.7 Å². The Morgan fingerprint density at radius 2 is 2.11 bits per heavy atom. The van der Waals surface area contributed by atoms with Gasteiger partial charge in [-0.15, -0.1) is 4.73 Å². The lowest BCUT2D eigenvalue weighted by Crippen LogP contribution is -2.28. The van der Waals surface area contributed by atoms with Gasteiger partial charge in [0.15, 0.2) is 0 Å². The smallest absolute Gasteiger partial charge is 0.262 e. The van der Waals surface area contributed by atoms with E-state index in [-0.39, 0.29) is 0 Å². The largest absolute Gasteiger partial charge is 0.423 e. The molecule has 6 heteroatoms. The van der Waals surface area contributed by atoms with Gasteiger partial charge in [0, 0.05) is 33.3 Å². The van der Waals surface area contributed by atoms with Crippen molar-refractivity contribution in [1.29, 1.82) is 0 Å². The molecular formula is C12H23N5O. The lowest BCUT2D eigenvalue weighted by atomic mass is 10.4. The van der Waals surface area contributed by atoms with E-state index < -0.39 is 0 Å². The number of hydrogen-bond acceptors (Lipinski definition) is 5. The molecule has 18 heavy (non-hydrogen) atoms. The van der Waals surface area contributed by atoms with Gasteiger partial charge in [0.1, 0.15) is 11.6 Å². The summed E-state index contributed by atoms with van der Waals surface area (Å²) >= 11 is 0. The molecule has 0 unspecified atom stereocenters. The van der Waals surface area contributed by atoms with Crippen LogP contribution in [0.25, 0.3) is 0 Å². The summed E-state index contributed by atoms with van der Waals surface area (Å²) in [5.41, 5.74) is 0.335. The summed E-state index contributed by atoms with van der Waals surface area (Å²) < 4.78 is 1.01. The molecule has 0 bridgehead atoms. The van der Waals surface area contributed by atoms with Crippen LogP contribution < -0.4 is 15.8 Å². The summed E-state index contributed by atoms with van der Waals surface area (Å²) in [6.07, 6.45) is 1.91. The van der Waals surface area contributed by atoms with Gasteiger partial charge in [-0.3, -0.25) is 0 Å². The number of aromatic nitrogens is 2. The molecule has 1 rings (SSSR count). The van der Waals surface area contributed by atoms with Crippen molar-refractivity contribution in [1.82, 2.24) is 9.71 Å². The highest BCUT2D eigenvalue weighted by molar-refractivity contribution is 5.47. The first kappa shape index (κ1) is 14.3. The average molecular weight is 253 g/mol. The highest BCUT2D eigenvalue weighted by Gasteiger charge is 2.06. The number of nitrogens with one attached hydrogen (secondary N) is 1. The van der Waals surface area contributed by atoms with Crippen LogP contribution >= 0.6 is 0 Å². The first-order valence-corrected chi connectivity index (χ1v) is 6.35. The molecule has 0 aliphatic heterocycles. The summed E-state index contributed by atoms with van der Waals surface area (Å²) in [5, 5.41) is 13.2. The summed E-state index contributed by atoms with van der Waals surface area (Å²) in [6.45, 7) is 5.56. The van der Waals surface area contributed by atoms with E-state index in [9.17, 15) is 5.21 Å². The molecule has 1 aromatic rings. The fraction of sp³-hybridized carbons (Fsp3) is 0.667. The minimum absolute atomic E-state index is 0.335. The molecule has 1 heterocycles. The third-order valence-electron chi connectivity index (χ3n) is 2.39. The Kier molecular flexibility index (Phi) is 5.48. The van der Waals surface area contributed by atoms with Crippen LogP contribution in [0.2, 0.25) is 0 Å². The third-order valence-corrected chi connectivity index (χ3v) is 2.39. The molecular weight excluding hydrogens is 230 g/mol. The number of anilines is 2. The zero-order valence-electron chi connectivity index (χ0n) is 11.6. The molecule has 0 radical (unpaired) electrons. The SMILES string of the molecule is CCCN=c1nc(N(C)C)cc(NCCC)n1O. The first-order chi connectivity index (χ1) is 8.60. The summed E-state index contributed by atoms with van der Waals surface area (Å²) in [7, 11) is 3.83. The second kappa shape index (κ2) is 6.88. The zero-order valence-corrected chi connectivity index (χ0v) is 11.6. The highest BCUT2D eigenvalue weighted by Crippen LogP contribution is 2.11. The fourth-order valence-electron chi connectivity index (χ4n) is 1.40. The van der Waals surface area contributed by atoms with Crippen LogP contribution in [0.15, 0.2) is 11.1 Å². The van der Waals surface area contributed by atoms with Gasteiger partial charge < -0.3 is 15.4 Å². The standard InChI is InChI=1S/C12H23N5O/c1-5-7-13-10-9-11(16(3)4)15-12(17(10)18)14-8-6-2/h9,13,18H,5-8H2,1-4H3. The number of nitrogens with zero attached hydrogens (tertiary/aromatic N) is 4. The molecule has 0 aliphatic rings. The van der Waals surface area contributed by atoms with Crippen molar-refractivity contribution in [2.75, 3.05) is 37.4 Å². The van der Waals surface area contributed by atoms with Gasteiger partial charge in [0.2, 0.25) is 0 Å². The molecule has 0 saturated carbocycles. The maximum absolute atomic E-state index is 10.0. The van der Waals surface area contributed by atoms with Crippen molar-refractivity contribution in [2.24, 2.45) is 4.99 Å². The molecule has 0 saturated heterocycles. The Labute approximate surface area is 108 Å². The summed E-state index contributed by atoms with van der Waals surface area (Å²) in [4.78, 5) is 10.5. The van der Waals surface area contributed by atoms with Crippen molar-refractivity contribution in [3.63, 3.8) is 0 Å². The third kappa shape index (κ3) is 3.65. The van der Waals surface area contributed by atoms with E-state index in [4.69, 9.17) is 0 Å². The van der Waals surface area contributed by atoms with Crippen LogP contribution in [-0.4, -0.2) is 42.1 Å². The Balaban J connectivity index is 3.20. The molecule has 0 aliphatic carbocycles. The number of hydrogen-bond donors (Lipinski definition) is 2. The molecule has 0 spiro atoms. The Morgan fingerprint density at radius 3 is 2.67 bits per heavy atom. The Bertz CT molecular complexity index is 439. The zero-order chi connectivity index (χ0) is 13.5. The molecule has 1 aromatic heterocycles. The minimum Gasteiger partial charge on any atom is -0.423 e. The quantitative estimate of drug-likeness (QED) is 0.750. The summed E-state index contributed by atoms with van der Waals surface area (Å²) in [5.74, 6) is 1.39. The van der Waals surface area contributed by atoms with E-state index in [2.05, 4.69) is 22.2 Å². The fourth-order valence-corrected chi connectivity index (χ4v) is 1.40. The molecule has 0 atom stereocenters. The summed E-state index contributed by atoms with van der Waals surface area (Å²) in [6, 6.07) is 1.81. The monoisotopic (exact) mass is 253 g/mol. The van der Waals surface area contributed by atoms with Gasteiger partial charge in [-0.1, -0.05) is 13.8 Å². The van der Waals surface area contributed by atoms with Crippen molar-refractivity contribution < 1.29 is 5.21 Å². The Hall–Kier alpha value is -1.72. The van der Waals surface area contributed by atoms with Crippen LogP contribution in [-0.2, 0) is 0 Å². The molecule has 102 valence electrons. The van der Waals surface area contributed by atoms with Crippen molar-refractivity contribution in [3.05, 3.63) is 11.7 Å². The van der Waals surface area contributed by atoms with Gasteiger partial charge in [0.05, 0.1) is 0 Å². The second-order valence-electron chi connectivity index (χ2n) is 4.31. The maximum Gasteiger partial charge on any atom is 0.262 e. The van der Waals surface area contributed by atoms with Gasteiger partial charge in [-0.2, -0.15) is 4.98 Å². The van der Waals surface area contributed by atoms with Crippen molar-refractivity contribution in [3.8, 4) is 0 Å². The van der Waals surface area contributed by atoms with Crippen LogP contribution in [0.3, 0.4) is 0 Å². The van der Waals surface area contributed by atoms with Crippen LogP contribution in [0.4, 0.5) is 11.6 Å². The van der Waals surface area contributed by atoms with E-state index >= 15 is 0 Å².